The molecule has 0 aromatic carbocycles. The van der Waals surface area contributed by atoms with Crippen LogP contribution in [0.15, 0.2) is 6.33 Å². The Kier molecular flexibility index (Phi) is 3.14. The van der Waals surface area contributed by atoms with Crippen LogP contribution in [0.4, 0.5) is 5.82 Å². The van der Waals surface area contributed by atoms with Crippen LogP contribution in [0.2, 0.25) is 5.15 Å². The molecule has 1 saturated heterocycles. The average molecular weight is 232 g/mol. The molecule has 1 aromatic rings. The van der Waals surface area contributed by atoms with Crippen LogP contribution in [0.3, 0.4) is 0 Å². The van der Waals surface area contributed by atoms with Gasteiger partial charge in [-0.1, -0.05) is 11.6 Å². The first-order chi connectivity index (χ1) is 7.22. The van der Waals surface area contributed by atoms with Crippen molar-refractivity contribution in [3.63, 3.8) is 0 Å². The molecule has 0 radical (unpaired) electrons. The molecule has 0 aliphatic carbocycles. The Morgan fingerprint density at radius 3 is 3.00 bits per heavy atom. The van der Waals surface area contributed by atoms with Gasteiger partial charge in [-0.3, -0.25) is 0 Å². The van der Waals surface area contributed by atoms with Crippen molar-refractivity contribution in [2.45, 2.75) is 19.1 Å². The molecule has 1 unspecified atom stereocenters. The maximum Gasteiger partial charge on any atom is 0.171 e. The van der Waals surface area contributed by atoms with Crippen molar-refractivity contribution in [2.75, 3.05) is 24.6 Å². The SMILES string of the molecule is OCCn1cnc(Cl)c1N1CCC(O)C1. The summed E-state index contributed by atoms with van der Waals surface area (Å²) in [5.41, 5.74) is 0. The van der Waals surface area contributed by atoms with Crippen molar-refractivity contribution < 1.29 is 10.2 Å². The third-order valence-electron chi connectivity index (χ3n) is 2.57. The zero-order valence-electron chi connectivity index (χ0n) is 8.30. The minimum Gasteiger partial charge on any atom is -0.395 e. The number of hydrogen-bond donors (Lipinski definition) is 2. The van der Waals surface area contributed by atoms with Gasteiger partial charge in [0.05, 0.1) is 19.0 Å². The second-order valence-corrected chi connectivity index (χ2v) is 4.02. The number of nitrogens with zero attached hydrogens (tertiary/aromatic N) is 3. The lowest BCUT2D eigenvalue weighted by atomic mass is 10.3. The van der Waals surface area contributed by atoms with Gasteiger partial charge in [-0.05, 0) is 6.42 Å². The van der Waals surface area contributed by atoms with Crippen molar-refractivity contribution in [1.29, 1.82) is 0 Å². The molecule has 1 aliphatic heterocycles. The molecule has 1 aliphatic rings. The Hall–Kier alpha value is -0.780. The Bertz CT molecular complexity index is 342. The smallest absolute Gasteiger partial charge is 0.171 e. The molecular formula is C9H14ClN3O2. The minimum absolute atomic E-state index is 0.0517. The summed E-state index contributed by atoms with van der Waals surface area (Å²) in [4.78, 5) is 5.99. The van der Waals surface area contributed by atoms with E-state index in [9.17, 15) is 5.11 Å². The molecule has 1 atom stereocenters. The first kappa shape index (κ1) is 10.7. The van der Waals surface area contributed by atoms with Gasteiger partial charge >= 0.3 is 0 Å². The Balaban J connectivity index is 2.21. The van der Waals surface area contributed by atoms with Gasteiger partial charge in [0.1, 0.15) is 5.82 Å². The Morgan fingerprint density at radius 1 is 1.60 bits per heavy atom. The zero-order chi connectivity index (χ0) is 10.8. The molecule has 84 valence electrons. The van der Waals surface area contributed by atoms with Gasteiger partial charge in [-0.25, -0.2) is 4.98 Å². The molecule has 2 rings (SSSR count). The molecule has 2 N–H and O–H groups in total. The summed E-state index contributed by atoms with van der Waals surface area (Å²) in [5.74, 6) is 0.794. The zero-order valence-corrected chi connectivity index (χ0v) is 9.06. The van der Waals surface area contributed by atoms with Crippen molar-refractivity contribution in [3.05, 3.63) is 11.5 Å². The summed E-state index contributed by atoms with van der Waals surface area (Å²) < 4.78 is 1.81. The van der Waals surface area contributed by atoms with Gasteiger partial charge < -0.3 is 19.7 Å². The van der Waals surface area contributed by atoms with Gasteiger partial charge in [0.2, 0.25) is 0 Å². The maximum absolute atomic E-state index is 9.45. The Morgan fingerprint density at radius 2 is 2.40 bits per heavy atom. The van der Waals surface area contributed by atoms with E-state index in [-0.39, 0.29) is 12.7 Å². The summed E-state index contributed by atoms with van der Waals surface area (Å²) in [5, 5.41) is 18.8. The molecule has 5 nitrogen and oxygen atoms in total. The van der Waals surface area contributed by atoms with Crippen LogP contribution >= 0.6 is 11.6 Å². The lowest BCUT2D eigenvalue weighted by molar-refractivity contribution is 0.198. The summed E-state index contributed by atoms with van der Waals surface area (Å²) in [6, 6.07) is 0. The van der Waals surface area contributed by atoms with Crippen LogP contribution in [-0.4, -0.2) is 45.6 Å². The molecule has 0 amide bonds. The van der Waals surface area contributed by atoms with Crippen molar-refractivity contribution in [1.82, 2.24) is 9.55 Å². The highest BCUT2D eigenvalue weighted by Gasteiger charge is 2.25. The van der Waals surface area contributed by atoms with Crippen LogP contribution in [0.5, 0.6) is 0 Å². The third-order valence-corrected chi connectivity index (χ3v) is 2.84. The van der Waals surface area contributed by atoms with Gasteiger partial charge in [0, 0.05) is 19.6 Å². The molecular weight excluding hydrogens is 218 g/mol. The van der Waals surface area contributed by atoms with Crippen molar-refractivity contribution in [2.24, 2.45) is 0 Å². The summed E-state index contributed by atoms with van der Waals surface area (Å²) >= 11 is 5.97. The molecule has 0 spiro atoms. The van der Waals surface area contributed by atoms with E-state index in [1.807, 2.05) is 4.90 Å². The van der Waals surface area contributed by atoms with Crippen LogP contribution in [-0.2, 0) is 6.54 Å². The van der Waals surface area contributed by atoms with Gasteiger partial charge in [-0.15, -0.1) is 0 Å². The van der Waals surface area contributed by atoms with E-state index in [2.05, 4.69) is 4.98 Å². The number of halogens is 1. The first-order valence-corrected chi connectivity index (χ1v) is 5.34. The molecule has 2 heterocycles. The van der Waals surface area contributed by atoms with Gasteiger partial charge in [-0.2, -0.15) is 0 Å². The molecule has 6 heteroatoms. The second kappa shape index (κ2) is 4.38. The number of aliphatic hydroxyl groups is 2. The van der Waals surface area contributed by atoms with E-state index >= 15 is 0 Å². The maximum atomic E-state index is 9.45. The molecule has 0 saturated carbocycles. The van der Waals surface area contributed by atoms with Gasteiger partial charge in [0.25, 0.3) is 0 Å². The number of aromatic nitrogens is 2. The fourth-order valence-electron chi connectivity index (χ4n) is 1.87. The third kappa shape index (κ3) is 2.09. The molecule has 0 bridgehead atoms. The molecule has 1 aromatic heterocycles. The van der Waals surface area contributed by atoms with E-state index in [0.717, 1.165) is 18.8 Å². The Labute approximate surface area is 92.9 Å². The number of imidazole rings is 1. The fraction of sp³-hybridized carbons (Fsp3) is 0.667. The number of hydrogen-bond acceptors (Lipinski definition) is 4. The highest BCUT2D eigenvalue weighted by Crippen LogP contribution is 2.27. The lowest BCUT2D eigenvalue weighted by Crippen LogP contribution is -2.24. The fourth-order valence-corrected chi connectivity index (χ4v) is 2.14. The molecule has 1 fully saturated rings. The van der Waals surface area contributed by atoms with Gasteiger partial charge in [0.15, 0.2) is 5.15 Å². The van der Waals surface area contributed by atoms with Crippen LogP contribution in [0.1, 0.15) is 6.42 Å². The van der Waals surface area contributed by atoms with Crippen LogP contribution in [0, 0.1) is 0 Å². The normalized spacial score (nSPS) is 21.3. The predicted octanol–water partition coefficient (Wildman–Crippen LogP) is 0.0998. The summed E-state index contributed by atoms with van der Waals surface area (Å²) in [6.45, 7) is 1.88. The monoisotopic (exact) mass is 231 g/mol. The molecule has 15 heavy (non-hydrogen) atoms. The quantitative estimate of drug-likeness (QED) is 0.775. The highest BCUT2D eigenvalue weighted by molar-refractivity contribution is 6.31. The van der Waals surface area contributed by atoms with E-state index in [0.29, 0.717) is 18.2 Å². The number of rotatable bonds is 3. The second-order valence-electron chi connectivity index (χ2n) is 3.66. The van der Waals surface area contributed by atoms with Crippen LogP contribution in [0.25, 0.3) is 0 Å². The average Bonchev–Trinajstić information content (AvgIpc) is 2.74. The first-order valence-electron chi connectivity index (χ1n) is 4.97. The van der Waals surface area contributed by atoms with E-state index < -0.39 is 0 Å². The topological polar surface area (TPSA) is 61.5 Å². The summed E-state index contributed by atoms with van der Waals surface area (Å²) in [7, 11) is 0. The summed E-state index contributed by atoms with van der Waals surface area (Å²) in [6.07, 6.45) is 2.07. The number of anilines is 1. The van der Waals surface area contributed by atoms with E-state index in [4.69, 9.17) is 16.7 Å². The van der Waals surface area contributed by atoms with Crippen LogP contribution < -0.4 is 4.90 Å². The number of aliphatic hydroxyl groups excluding tert-OH is 2. The largest absolute Gasteiger partial charge is 0.395 e. The predicted molar refractivity (Wildman–Crippen MR) is 57.2 cm³/mol. The highest BCUT2D eigenvalue weighted by atomic mass is 35.5. The number of β-amino-alcohol motifs (C(OH)–C–C–N with tert-alkyl or cyclic N) is 1. The van der Waals surface area contributed by atoms with E-state index in [1.54, 1.807) is 10.9 Å². The van der Waals surface area contributed by atoms with E-state index in [1.165, 1.54) is 0 Å². The standard InChI is InChI=1S/C9H14ClN3O2/c10-8-9(12-2-1-7(15)5-12)13(3-4-14)6-11-8/h6-7,14-15H,1-5H2. The van der Waals surface area contributed by atoms with Crippen molar-refractivity contribution >= 4 is 17.4 Å². The van der Waals surface area contributed by atoms with Crippen molar-refractivity contribution in [3.8, 4) is 0 Å². The lowest BCUT2D eigenvalue weighted by Gasteiger charge is -2.19. The minimum atomic E-state index is -0.293.